The van der Waals surface area contributed by atoms with Gasteiger partial charge in [-0.05, 0) is 17.3 Å². The van der Waals surface area contributed by atoms with Crippen molar-refractivity contribution in [3.8, 4) is 22.6 Å². The fraction of sp³-hybridized carbons (Fsp3) is 0. The second-order valence-corrected chi connectivity index (χ2v) is 4.31. The molecule has 3 rings (SSSR count). The second-order valence-electron chi connectivity index (χ2n) is 3.43. The van der Waals surface area contributed by atoms with Crippen molar-refractivity contribution in [3.05, 3.63) is 48.5 Å². The van der Waals surface area contributed by atoms with Gasteiger partial charge in [-0.1, -0.05) is 36.4 Å². The van der Waals surface area contributed by atoms with E-state index in [0.717, 1.165) is 11.1 Å². The molecule has 3 nitrogen and oxygen atoms in total. The van der Waals surface area contributed by atoms with Crippen LogP contribution in [0.2, 0.25) is 0 Å². The number of nitrogens with one attached hydrogen (secondary N) is 1. The summed E-state index contributed by atoms with van der Waals surface area (Å²) in [6.45, 7) is 0. The largest absolute Gasteiger partial charge is 0.664 e. The minimum atomic E-state index is -1.64. The van der Waals surface area contributed by atoms with Crippen molar-refractivity contribution in [2.24, 2.45) is 0 Å². The Balaban J connectivity index is 2.30. The van der Waals surface area contributed by atoms with Crippen molar-refractivity contribution in [1.82, 2.24) is 0 Å². The van der Waals surface area contributed by atoms with Crippen molar-refractivity contribution in [3.63, 3.8) is 0 Å². The number of para-hydroxylation sites is 2. The number of fused-ring (bicyclic) bond motifs is 3. The summed E-state index contributed by atoms with van der Waals surface area (Å²) in [6.07, 6.45) is 0. The van der Waals surface area contributed by atoms with Crippen LogP contribution < -0.4 is 9.05 Å². The fourth-order valence-electron chi connectivity index (χ4n) is 1.73. The highest BCUT2D eigenvalue weighted by atomic mass is 31.1. The highest BCUT2D eigenvalue weighted by molar-refractivity contribution is 7.35. The monoisotopic (exact) mass is 230 g/mol. The van der Waals surface area contributed by atoms with Gasteiger partial charge in [-0.25, -0.2) is 9.05 Å². The van der Waals surface area contributed by atoms with Crippen LogP contribution in [0.15, 0.2) is 48.5 Å². The maximum Gasteiger partial charge on any atom is 0.664 e. The van der Waals surface area contributed by atoms with E-state index in [0.29, 0.717) is 11.5 Å². The van der Waals surface area contributed by atoms with Gasteiger partial charge in [0.1, 0.15) is 0 Å². The molecule has 0 bridgehead atoms. The molecule has 0 unspecified atom stereocenters. The van der Waals surface area contributed by atoms with Crippen LogP contribution in [0.25, 0.3) is 11.1 Å². The summed E-state index contributed by atoms with van der Waals surface area (Å²) in [5.41, 5.74) is 1.96. The molecule has 0 amide bonds. The third kappa shape index (κ3) is 1.46. The highest BCUT2D eigenvalue weighted by Gasteiger charge is 2.27. The van der Waals surface area contributed by atoms with Crippen LogP contribution in [-0.4, -0.2) is 0 Å². The Labute approximate surface area is 94.1 Å². The van der Waals surface area contributed by atoms with E-state index < -0.39 is 8.17 Å². The predicted octanol–water partition coefficient (Wildman–Crippen LogP) is 4.20. The highest BCUT2D eigenvalue weighted by Crippen LogP contribution is 2.45. The number of benzene rings is 2. The van der Waals surface area contributed by atoms with E-state index in [-0.39, 0.29) is 0 Å². The third-order valence-electron chi connectivity index (χ3n) is 2.43. The minimum absolute atomic E-state index is 0.716. The van der Waals surface area contributed by atoms with Gasteiger partial charge in [0.15, 0.2) is 11.5 Å². The van der Waals surface area contributed by atoms with Crippen molar-refractivity contribution in [2.45, 2.75) is 0 Å². The zero-order chi connectivity index (χ0) is 11.0. The van der Waals surface area contributed by atoms with Crippen molar-refractivity contribution in [2.75, 3.05) is 0 Å². The van der Waals surface area contributed by atoms with E-state index >= 15 is 0 Å². The molecular weight excluding hydrogens is 221 g/mol. The van der Waals surface area contributed by atoms with Gasteiger partial charge in [0.2, 0.25) is 0 Å². The third-order valence-corrected chi connectivity index (χ3v) is 3.15. The SMILES string of the molecule is N=[P+]1Oc2ccccc2-c2ccccc2O1. The van der Waals surface area contributed by atoms with Crippen LogP contribution in [0, 0.1) is 5.16 Å². The van der Waals surface area contributed by atoms with E-state index in [2.05, 4.69) is 0 Å². The molecule has 0 atom stereocenters. The Morgan fingerprint density at radius 3 is 1.69 bits per heavy atom. The number of hydrogen-bond donors (Lipinski definition) is 1. The zero-order valence-electron chi connectivity index (χ0n) is 8.38. The smallest absolute Gasteiger partial charge is 0.236 e. The molecule has 0 aromatic heterocycles. The molecule has 0 radical (unpaired) electrons. The van der Waals surface area contributed by atoms with E-state index in [1.807, 2.05) is 48.5 Å². The lowest BCUT2D eigenvalue weighted by molar-refractivity contribution is 0.508. The maximum atomic E-state index is 7.69. The van der Waals surface area contributed by atoms with Crippen LogP contribution in [0.3, 0.4) is 0 Å². The molecule has 2 aromatic carbocycles. The molecule has 78 valence electrons. The minimum Gasteiger partial charge on any atom is -0.236 e. The molecular formula is C12H9NO2P+. The van der Waals surface area contributed by atoms with Gasteiger partial charge < -0.3 is 0 Å². The molecule has 0 aliphatic carbocycles. The molecule has 2 aromatic rings. The van der Waals surface area contributed by atoms with Gasteiger partial charge in [0.05, 0.1) is 0 Å². The van der Waals surface area contributed by atoms with Crippen LogP contribution in [0.4, 0.5) is 0 Å². The normalized spacial score (nSPS) is 12.9. The Bertz CT molecular complexity index is 519. The molecule has 1 heterocycles. The number of hydrogen-bond acceptors (Lipinski definition) is 3. The lowest BCUT2D eigenvalue weighted by Crippen LogP contribution is -1.83. The maximum absolute atomic E-state index is 7.69. The topological polar surface area (TPSA) is 42.3 Å². The van der Waals surface area contributed by atoms with E-state index in [1.54, 1.807) is 0 Å². The molecule has 0 saturated heterocycles. The average Bonchev–Trinajstić information content (AvgIpc) is 2.44. The summed E-state index contributed by atoms with van der Waals surface area (Å²) in [7, 11) is -1.64. The van der Waals surface area contributed by atoms with Gasteiger partial charge in [-0.3, -0.25) is 0 Å². The first-order valence-electron chi connectivity index (χ1n) is 4.90. The summed E-state index contributed by atoms with van der Waals surface area (Å²) in [5, 5.41) is 7.69. The van der Waals surface area contributed by atoms with Crippen LogP contribution >= 0.6 is 8.17 Å². The summed E-state index contributed by atoms with van der Waals surface area (Å²) < 4.78 is 10.9. The standard InChI is InChI=1S/C12H9NO2P/c13-16-14-11-7-3-1-5-9(11)10-6-2-4-8-12(10)15-16/h1-8,13H/q+1. The van der Waals surface area contributed by atoms with Gasteiger partial charge in [-0.2, -0.15) is 0 Å². The summed E-state index contributed by atoms with van der Waals surface area (Å²) >= 11 is 0. The predicted molar refractivity (Wildman–Crippen MR) is 62.8 cm³/mol. The van der Waals surface area contributed by atoms with Gasteiger partial charge in [-0.15, -0.1) is 0 Å². The number of rotatable bonds is 0. The van der Waals surface area contributed by atoms with Gasteiger partial charge in [0.25, 0.3) is 0 Å². The first kappa shape index (κ1) is 9.37. The average molecular weight is 230 g/mol. The van der Waals surface area contributed by atoms with E-state index in [4.69, 9.17) is 14.2 Å². The molecule has 1 N–H and O–H groups in total. The van der Waals surface area contributed by atoms with Crippen LogP contribution in [0.1, 0.15) is 0 Å². The first-order chi connectivity index (χ1) is 7.84. The Hall–Kier alpha value is -1.86. The molecule has 0 spiro atoms. The Kier molecular flexibility index (Phi) is 2.12. The van der Waals surface area contributed by atoms with Crippen LogP contribution in [-0.2, 0) is 0 Å². The molecule has 0 saturated carbocycles. The zero-order valence-corrected chi connectivity index (χ0v) is 9.28. The Morgan fingerprint density at radius 1 is 0.750 bits per heavy atom. The van der Waals surface area contributed by atoms with Gasteiger partial charge >= 0.3 is 8.17 Å². The van der Waals surface area contributed by atoms with Crippen molar-refractivity contribution >= 4 is 8.17 Å². The van der Waals surface area contributed by atoms with Gasteiger partial charge in [0, 0.05) is 11.1 Å². The molecule has 1 aliphatic heterocycles. The quantitative estimate of drug-likeness (QED) is 0.689. The van der Waals surface area contributed by atoms with E-state index in [1.165, 1.54) is 0 Å². The van der Waals surface area contributed by atoms with Crippen LogP contribution in [0.5, 0.6) is 11.5 Å². The fourth-order valence-corrected chi connectivity index (χ4v) is 2.45. The molecule has 0 fully saturated rings. The lowest BCUT2D eigenvalue weighted by atomic mass is 10.0. The Morgan fingerprint density at radius 2 is 1.19 bits per heavy atom. The van der Waals surface area contributed by atoms with Crippen molar-refractivity contribution < 1.29 is 9.05 Å². The molecule has 16 heavy (non-hydrogen) atoms. The first-order valence-corrected chi connectivity index (χ1v) is 6.08. The summed E-state index contributed by atoms with van der Waals surface area (Å²) in [4.78, 5) is 0. The molecule has 4 heteroatoms. The summed E-state index contributed by atoms with van der Waals surface area (Å²) in [5.74, 6) is 1.43. The van der Waals surface area contributed by atoms with Crippen molar-refractivity contribution in [1.29, 1.82) is 5.16 Å². The summed E-state index contributed by atoms with van der Waals surface area (Å²) in [6, 6.07) is 15.4. The van der Waals surface area contributed by atoms with E-state index in [9.17, 15) is 0 Å². The second kappa shape index (κ2) is 3.62. The molecule has 1 aliphatic rings. The lowest BCUT2D eigenvalue weighted by Gasteiger charge is -2.01.